The summed E-state index contributed by atoms with van der Waals surface area (Å²) in [7, 11) is 0. The number of rotatable bonds is 3. The molecule has 2 aliphatic rings. The van der Waals surface area contributed by atoms with Gasteiger partial charge in [0.2, 0.25) is 5.91 Å². The van der Waals surface area contributed by atoms with Crippen LogP contribution in [0.3, 0.4) is 0 Å². The van der Waals surface area contributed by atoms with Crippen molar-refractivity contribution in [2.24, 2.45) is 5.41 Å². The molecule has 0 atom stereocenters. The van der Waals surface area contributed by atoms with Gasteiger partial charge in [0.05, 0.1) is 12.0 Å². The molecule has 2 heterocycles. The summed E-state index contributed by atoms with van der Waals surface area (Å²) in [4.78, 5) is 18.2. The van der Waals surface area contributed by atoms with E-state index < -0.39 is 5.82 Å². The number of para-hydroxylation sites is 2. The molecule has 1 N–H and O–H groups in total. The molecule has 2 aliphatic heterocycles. The second-order valence-corrected chi connectivity index (χ2v) is 10.1. The topological polar surface area (TPSA) is 53.0 Å². The van der Waals surface area contributed by atoms with Gasteiger partial charge in [-0.05, 0) is 76.7 Å². The number of fused-ring (bicyclic) bond motifs is 1. The Hall–Kier alpha value is -2.60. The summed E-state index contributed by atoms with van der Waals surface area (Å²) in [6, 6.07) is 13.0. The van der Waals surface area contributed by atoms with Crippen molar-refractivity contribution in [3.05, 3.63) is 59.4 Å². The number of carbonyl (C=O) groups is 1. The van der Waals surface area contributed by atoms with Crippen molar-refractivity contribution in [3.8, 4) is 11.5 Å². The molecule has 1 amide bonds. The van der Waals surface area contributed by atoms with Gasteiger partial charge in [0.25, 0.3) is 0 Å². The van der Waals surface area contributed by atoms with Gasteiger partial charge >= 0.3 is 0 Å². The quantitative estimate of drug-likeness (QED) is 0.676. The summed E-state index contributed by atoms with van der Waals surface area (Å²) < 4.78 is 19.9. The summed E-state index contributed by atoms with van der Waals surface area (Å²) in [5, 5.41) is 10.1. The first-order chi connectivity index (χ1) is 16.4. The molecule has 0 saturated carbocycles. The van der Waals surface area contributed by atoms with Gasteiger partial charge in [-0.15, -0.1) is 0 Å². The van der Waals surface area contributed by atoms with Crippen LogP contribution < -0.4 is 4.74 Å². The molecule has 0 bridgehead atoms. The molecule has 0 unspecified atom stereocenters. The van der Waals surface area contributed by atoms with Crippen molar-refractivity contribution in [2.75, 3.05) is 26.2 Å². The Labute approximate surface area is 202 Å². The normalized spacial score (nSPS) is 19.9. The predicted molar refractivity (Wildman–Crippen MR) is 131 cm³/mol. The highest BCUT2D eigenvalue weighted by Crippen LogP contribution is 2.40. The lowest BCUT2D eigenvalue weighted by atomic mass is 9.72. The van der Waals surface area contributed by atoms with Crippen molar-refractivity contribution in [3.63, 3.8) is 0 Å². The highest BCUT2D eigenvalue weighted by atomic mass is 19.1. The van der Waals surface area contributed by atoms with Gasteiger partial charge in [0.15, 0.2) is 11.6 Å². The summed E-state index contributed by atoms with van der Waals surface area (Å²) in [6.45, 7) is 7.22. The van der Waals surface area contributed by atoms with Gasteiger partial charge in [0, 0.05) is 18.2 Å². The lowest BCUT2D eigenvalue weighted by Gasteiger charge is -2.44. The molecule has 0 radical (unpaired) electrons. The number of amides is 1. The third-order valence-corrected chi connectivity index (χ3v) is 7.53. The molecule has 0 aliphatic carbocycles. The summed E-state index contributed by atoms with van der Waals surface area (Å²) in [5.41, 5.74) is 1.47. The van der Waals surface area contributed by atoms with Crippen LogP contribution in [-0.2, 0) is 17.8 Å². The smallest absolute Gasteiger partial charge is 0.229 e. The number of aromatic hydroxyl groups is 1. The molecule has 5 nitrogen and oxygen atoms in total. The van der Waals surface area contributed by atoms with E-state index in [0.29, 0.717) is 25.3 Å². The first-order valence-corrected chi connectivity index (χ1v) is 12.6. The minimum absolute atomic E-state index is 0.105. The number of likely N-dealkylation sites (tertiary alicyclic amines) is 1. The molecule has 184 valence electrons. The maximum atomic E-state index is 14.0. The number of aryl methyl sites for hydroxylation is 1. The Morgan fingerprint density at radius 3 is 2.56 bits per heavy atom. The van der Waals surface area contributed by atoms with Gasteiger partial charge in [-0.3, -0.25) is 9.69 Å². The molecule has 0 aromatic heterocycles. The standard InChI is InChI=1S/C28H37FN2O3/c1-21(2)31-18-19-34-25-12-4-3-8-22(25)9-5-6-13-28(27(31)33)14-16-30(17-15-28)20-23-10-7-11-24(29)26(23)32/h3-4,7-8,10-12,21,32H,5-6,9,13-20H2,1-2H3. The van der Waals surface area contributed by atoms with Gasteiger partial charge < -0.3 is 14.7 Å². The zero-order chi connectivity index (χ0) is 24.1. The fraction of sp³-hybridized carbons (Fsp3) is 0.536. The van der Waals surface area contributed by atoms with Crippen LogP contribution in [0.5, 0.6) is 11.5 Å². The third-order valence-electron chi connectivity index (χ3n) is 7.53. The van der Waals surface area contributed by atoms with E-state index in [-0.39, 0.29) is 23.1 Å². The number of hydrogen-bond acceptors (Lipinski definition) is 4. The number of piperidine rings is 1. The number of phenols is 1. The second-order valence-electron chi connectivity index (χ2n) is 10.1. The van der Waals surface area contributed by atoms with Crippen molar-refractivity contribution in [1.29, 1.82) is 0 Å². The molecule has 4 rings (SSSR count). The Morgan fingerprint density at radius 2 is 1.79 bits per heavy atom. The van der Waals surface area contributed by atoms with Crippen LogP contribution in [0.4, 0.5) is 4.39 Å². The first kappa shape index (κ1) is 24.5. The van der Waals surface area contributed by atoms with Crippen LogP contribution >= 0.6 is 0 Å². The van der Waals surface area contributed by atoms with Crippen molar-refractivity contribution >= 4 is 5.91 Å². The van der Waals surface area contributed by atoms with Gasteiger partial charge in [-0.25, -0.2) is 4.39 Å². The average Bonchev–Trinajstić information content (AvgIpc) is 2.83. The Morgan fingerprint density at radius 1 is 1.03 bits per heavy atom. The number of phenolic OH excluding ortho intramolecular Hbond substituents is 1. The molecular weight excluding hydrogens is 431 g/mol. The molecule has 2 aromatic rings. The zero-order valence-corrected chi connectivity index (χ0v) is 20.4. The minimum Gasteiger partial charge on any atom is -0.505 e. The van der Waals surface area contributed by atoms with E-state index in [1.54, 1.807) is 12.1 Å². The van der Waals surface area contributed by atoms with E-state index in [2.05, 4.69) is 30.9 Å². The number of ether oxygens (including phenoxy) is 1. The molecular formula is C28H37FN2O3. The number of halogens is 1. The first-order valence-electron chi connectivity index (χ1n) is 12.6. The van der Waals surface area contributed by atoms with Crippen LogP contribution in [0.2, 0.25) is 0 Å². The SMILES string of the molecule is CC(C)N1CCOc2ccccc2CCCCC2(CCN(Cc3cccc(F)c3O)CC2)C1=O. The third kappa shape index (κ3) is 5.38. The van der Waals surface area contributed by atoms with Gasteiger partial charge in [-0.2, -0.15) is 0 Å². The number of hydrogen-bond donors (Lipinski definition) is 1. The van der Waals surface area contributed by atoms with E-state index in [1.165, 1.54) is 11.6 Å². The lowest BCUT2D eigenvalue weighted by Crippen LogP contribution is -2.53. The highest BCUT2D eigenvalue weighted by Gasteiger charge is 2.43. The molecule has 34 heavy (non-hydrogen) atoms. The fourth-order valence-electron chi connectivity index (χ4n) is 5.42. The number of carbonyl (C=O) groups excluding carboxylic acids is 1. The zero-order valence-electron chi connectivity index (χ0n) is 20.4. The highest BCUT2D eigenvalue weighted by molar-refractivity contribution is 5.83. The van der Waals surface area contributed by atoms with Crippen LogP contribution in [0.1, 0.15) is 57.1 Å². The largest absolute Gasteiger partial charge is 0.505 e. The molecule has 1 saturated heterocycles. The summed E-state index contributed by atoms with van der Waals surface area (Å²) in [6.07, 6.45) is 5.43. The van der Waals surface area contributed by atoms with E-state index >= 15 is 0 Å². The Kier molecular flexibility index (Phi) is 7.77. The van der Waals surface area contributed by atoms with Crippen molar-refractivity contribution in [1.82, 2.24) is 9.80 Å². The predicted octanol–water partition coefficient (Wildman–Crippen LogP) is 5.16. The van der Waals surface area contributed by atoms with Crippen molar-refractivity contribution in [2.45, 2.75) is 65.0 Å². The Balaban J connectivity index is 1.49. The van der Waals surface area contributed by atoms with Gasteiger partial charge in [0.1, 0.15) is 12.4 Å². The second kappa shape index (κ2) is 10.8. The van der Waals surface area contributed by atoms with E-state index in [4.69, 9.17) is 4.74 Å². The van der Waals surface area contributed by atoms with Crippen LogP contribution in [0.25, 0.3) is 0 Å². The van der Waals surface area contributed by atoms with Crippen LogP contribution in [0, 0.1) is 11.2 Å². The van der Waals surface area contributed by atoms with E-state index in [1.807, 2.05) is 17.0 Å². The number of nitrogens with zero attached hydrogens (tertiary/aromatic N) is 2. The maximum absolute atomic E-state index is 14.0. The summed E-state index contributed by atoms with van der Waals surface area (Å²) in [5.74, 6) is 0.323. The maximum Gasteiger partial charge on any atom is 0.229 e. The molecule has 1 fully saturated rings. The van der Waals surface area contributed by atoms with Crippen molar-refractivity contribution < 1.29 is 19.0 Å². The minimum atomic E-state index is -0.586. The fourth-order valence-corrected chi connectivity index (χ4v) is 5.42. The Bertz CT molecular complexity index is 985. The van der Waals surface area contributed by atoms with Crippen LogP contribution in [-0.4, -0.2) is 53.1 Å². The molecule has 6 heteroatoms. The van der Waals surface area contributed by atoms with E-state index in [0.717, 1.165) is 57.4 Å². The van der Waals surface area contributed by atoms with Crippen LogP contribution in [0.15, 0.2) is 42.5 Å². The average molecular weight is 469 g/mol. The summed E-state index contributed by atoms with van der Waals surface area (Å²) >= 11 is 0. The lowest BCUT2D eigenvalue weighted by molar-refractivity contribution is -0.148. The molecule has 1 spiro atoms. The number of benzene rings is 2. The van der Waals surface area contributed by atoms with Gasteiger partial charge in [-0.1, -0.05) is 36.8 Å². The molecule has 2 aromatic carbocycles. The van der Waals surface area contributed by atoms with E-state index in [9.17, 15) is 14.3 Å². The monoisotopic (exact) mass is 468 g/mol.